The van der Waals surface area contributed by atoms with Crippen LogP contribution in [0.15, 0.2) is 11.6 Å². The summed E-state index contributed by atoms with van der Waals surface area (Å²) in [5.41, 5.74) is -1.23. The highest BCUT2D eigenvalue weighted by Crippen LogP contribution is 2.77. The van der Waals surface area contributed by atoms with Crippen LogP contribution in [0.25, 0.3) is 0 Å². The van der Waals surface area contributed by atoms with E-state index < -0.39 is 22.5 Å². The molecular weight excluding hydrogens is 412 g/mol. The molecule has 5 rings (SSSR count). The molecule has 5 aliphatic rings. The molecule has 1 N–H and O–H groups in total. The molecule has 1 saturated heterocycles. The molecule has 0 amide bonds. The summed E-state index contributed by atoms with van der Waals surface area (Å²) in [6, 6.07) is 0. The van der Waals surface area contributed by atoms with Gasteiger partial charge in [0.1, 0.15) is 5.60 Å². The lowest BCUT2D eigenvalue weighted by molar-refractivity contribution is -0.163. The average Bonchev–Trinajstić information content (AvgIpc) is 3.43. The molecule has 1 heterocycles. The van der Waals surface area contributed by atoms with E-state index in [1.165, 1.54) is 14.2 Å². The molecule has 176 valence electrons. The van der Waals surface area contributed by atoms with Crippen LogP contribution in [0.4, 0.5) is 0 Å². The van der Waals surface area contributed by atoms with Crippen molar-refractivity contribution in [1.29, 1.82) is 0 Å². The van der Waals surface area contributed by atoms with Crippen molar-refractivity contribution in [2.75, 3.05) is 14.2 Å². The van der Waals surface area contributed by atoms with E-state index in [1.54, 1.807) is 6.08 Å². The van der Waals surface area contributed by atoms with E-state index in [0.717, 1.165) is 18.4 Å². The number of carbonyl (C=O) groups excluding carboxylic acids is 3. The summed E-state index contributed by atoms with van der Waals surface area (Å²) < 4.78 is 16.6. The van der Waals surface area contributed by atoms with Crippen molar-refractivity contribution in [3.8, 4) is 0 Å². The van der Waals surface area contributed by atoms with Gasteiger partial charge in [0, 0.05) is 29.6 Å². The zero-order valence-corrected chi connectivity index (χ0v) is 19.4. The number of fused-ring (bicyclic) bond motifs is 3. The van der Waals surface area contributed by atoms with E-state index in [2.05, 4.69) is 13.8 Å². The van der Waals surface area contributed by atoms with Gasteiger partial charge in [-0.1, -0.05) is 19.4 Å². The number of epoxide rings is 1. The quantitative estimate of drug-likeness (QED) is 0.523. The molecule has 4 aliphatic carbocycles. The second-order valence-electron chi connectivity index (χ2n) is 11.1. The van der Waals surface area contributed by atoms with Crippen LogP contribution in [0, 0.1) is 28.6 Å². The van der Waals surface area contributed by atoms with Gasteiger partial charge in [-0.15, -0.1) is 0 Å². The van der Waals surface area contributed by atoms with E-state index in [1.807, 2.05) is 0 Å². The lowest BCUT2D eigenvalue weighted by Crippen LogP contribution is -2.63. The van der Waals surface area contributed by atoms with Crippen LogP contribution in [0.3, 0.4) is 0 Å². The molecule has 32 heavy (non-hydrogen) atoms. The van der Waals surface area contributed by atoms with E-state index in [0.29, 0.717) is 32.1 Å². The molecule has 1 aliphatic heterocycles. The first-order valence-corrected chi connectivity index (χ1v) is 11.8. The Kier molecular flexibility index (Phi) is 4.75. The summed E-state index contributed by atoms with van der Waals surface area (Å²) in [5, 5.41) is 11.8. The molecule has 7 heteroatoms. The molecule has 8 atom stereocenters. The first kappa shape index (κ1) is 22.1. The molecule has 0 aromatic rings. The topological polar surface area (TPSA) is 102 Å². The maximum atomic E-state index is 13.0. The third-order valence-corrected chi connectivity index (χ3v) is 10.2. The maximum absolute atomic E-state index is 13.0. The van der Waals surface area contributed by atoms with Crippen LogP contribution in [-0.4, -0.2) is 54.4 Å². The second-order valence-corrected chi connectivity index (χ2v) is 11.1. The van der Waals surface area contributed by atoms with E-state index >= 15 is 0 Å². The summed E-state index contributed by atoms with van der Waals surface area (Å²) in [6.45, 7) is 4.31. The SMILES string of the molecule is COC(=O)CC[C@]1(O)CC[C@H]2[C@@H]3[C@H](C(=O)OC)CC4=CC(=O)CC[C@]4(C)[C@]34O[C@@H]4C[C@@]21C. The molecule has 0 radical (unpaired) electrons. The molecule has 1 spiro atoms. The number of ether oxygens (including phenoxy) is 3. The summed E-state index contributed by atoms with van der Waals surface area (Å²) in [6.07, 6.45) is 5.98. The van der Waals surface area contributed by atoms with Gasteiger partial charge in [0.25, 0.3) is 0 Å². The Morgan fingerprint density at radius 2 is 1.97 bits per heavy atom. The zero-order valence-electron chi connectivity index (χ0n) is 19.4. The first-order valence-electron chi connectivity index (χ1n) is 11.8. The highest BCUT2D eigenvalue weighted by atomic mass is 16.6. The van der Waals surface area contributed by atoms with E-state index in [9.17, 15) is 19.5 Å². The van der Waals surface area contributed by atoms with Crippen LogP contribution in [-0.2, 0) is 28.6 Å². The van der Waals surface area contributed by atoms with Crippen molar-refractivity contribution >= 4 is 17.7 Å². The Balaban J connectivity index is 1.56. The predicted octanol–water partition coefficient (Wildman–Crippen LogP) is 2.73. The van der Waals surface area contributed by atoms with Crippen molar-refractivity contribution in [2.45, 2.75) is 82.5 Å². The molecule has 0 aromatic carbocycles. The highest BCUT2D eigenvalue weighted by Gasteiger charge is 2.82. The molecule has 0 bridgehead atoms. The van der Waals surface area contributed by atoms with Crippen LogP contribution in [0.1, 0.15) is 65.2 Å². The van der Waals surface area contributed by atoms with Gasteiger partial charge in [0.2, 0.25) is 0 Å². The Labute approximate surface area is 188 Å². The molecule has 0 aromatic heterocycles. The van der Waals surface area contributed by atoms with Crippen LogP contribution in [0.2, 0.25) is 0 Å². The summed E-state index contributed by atoms with van der Waals surface area (Å²) in [7, 11) is 2.78. The molecule has 7 nitrogen and oxygen atoms in total. The van der Waals surface area contributed by atoms with Gasteiger partial charge in [-0.05, 0) is 50.5 Å². The number of hydrogen-bond acceptors (Lipinski definition) is 7. The Bertz CT molecular complexity index is 910. The fourth-order valence-electron chi connectivity index (χ4n) is 8.32. The van der Waals surface area contributed by atoms with Crippen LogP contribution in [0.5, 0.6) is 0 Å². The van der Waals surface area contributed by atoms with Gasteiger partial charge in [0.15, 0.2) is 5.78 Å². The number of esters is 2. The minimum Gasteiger partial charge on any atom is -0.469 e. The zero-order chi connectivity index (χ0) is 23.1. The number of carbonyl (C=O) groups is 3. The van der Waals surface area contributed by atoms with Crippen molar-refractivity contribution in [3.63, 3.8) is 0 Å². The van der Waals surface area contributed by atoms with E-state index in [-0.39, 0.29) is 47.5 Å². The summed E-state index contributed by atoms with van der Waals surface area (Å²) in [5.74, 6) is -0.878. The number of ketones is 1. The monoisotopic (exact) mass is 446 g/mol. The van der Waals surface area contributed by atoms with Crippen molar-refractivity contribution in [2.24, 2.45) is 28.6 Å². The van der Waals surface area contributed by atoms with Crippen LogP contribution < -0.4 is 0 Å². The standard InChI is InChI=1S/C25H34O7/c1-22-8-5-15(26)11-14(22)12-16(21(28)31-4)20-17-6-9-24(29,10-7-19(27)30-3)23(17,2)13-18-25(20,22)32-18/h11,16-18,20,29H,5-10,12-13H2,1-4H3/t16-,17+,18-,20+,22+,23+,24-,25-/m1/s1. The number of hydrogen-bond donors (Lipinski definition) is 1. The first-order chi connectivity index (χ1) is 15.1. The smallest absolute Gasteiger partial charge is 0.309 e. The Morgan fingerprint density at radius 3 is 2.66 bits per heavy atom. The fraction of sp³-hybridized carbons (Fsp3) is 0.800. The van der Waals surface area contributed by atoms with Gasteiger partial charge in [0.05, 0.1) is 31.8 Å². The molecule has 0 unspecified atom stereocenters. The van der Waals surface area contributed by atoms with Crippen LogP contribution >= 0.6 is 0 Å². The second kappa shape index (κ2) is 6.89. The Hall–Kier alpha value is -1.73. The largest absolute Gasteiger partial charge is 0.469 e. The molecular formula is C25H34O7. The minimum absolute atomic E-state index is 0.0731. The van der Waals surface area contributed by atoms with Gasteiger partial charge in [-0.2, -0.15) is 0 Å². The maximum Gasteiger partial charge on any atom is 0.309 e. The van der Waals surface area contributed by atoms with Crippen molar-refractivity contribution in [1.82, 2.24) is 0 Å². The Morgan fingerprint density at radius 1 is 1.22 bits per heavy atom. The highest BCUT2D eigenvalue weighted by molar-refractivity contribution is 5.92. The normalized spacial score (nSPS) is 48.5. The number of rotatable bonds is 4. The number of aliphatic hydroxyl groups is 1. The van der Waals surface area contributed by atoms with Crippen molar-refractivity contribution in [3.05, 3.63) is 11.6 Å². The molecule has 4 fully saturated rings. The van der Waals surface area contributed by atoms with E-state index in [4.69, 9.17) is 14.2 Å². The molecule has 3 saturated carbocycles. The third kappa shape index (κ3) is 2.58. The minimum atomic E-state index is -1.01. The predicted molar refractivity (Wildman–Crippen MR) is 113 cm³/mol. The lowest BCUT2D eigenvalue weighted by Gasteiger charge is -2.58. The summed E-state index contributed by atoms with van der Waals surface area (Å²) in [4.78, 5) is 37.1. The fourth-order valence-corrected chi connectivity index (χ4v) is 8.32. The van der Waals surface area contributed by atoms with Gasteiger partial charge >= 0.3 is 11.9 Å². The average molecular weight is 447 g/mol. The van der Waals surface area contributed by atoms with Gasteiger partial charge in [-0.3, -0.25) is 14.4 Å². The number of methoxy groups -OCH3 is 2. The van der Waals surface area contributed by atoms with Gasteiger partial charge < -0.3 is 19.3 Å². The summed E-state index contributed by atoms with van der Waals surface area (Å²) >= 11 is 0. The lowest BCUT2D eigenvalue weighted by atomic mass is 9.43. The van der Waals surface area contributed by atoms with Crippen molar-refractivity contribution < 1.29 is 33.7 Å². The third-order valence-electron chi connectivity index (χ3n) is 10.2. The van der Waals surface area contributed by atoms with Gasteiger partial charge in [-0.25, -0.2) is 0 Å².